The lowest BCUT2D eigenvalue weighted by Gasteiger charge is -2.48. The summed E-state index contributed by atoms with van der Waals surface area (Å²) in [5.41, 5.74) is 5.17. The second-order valence-electron chi connectivity index (χ2n) is 6.34. The maximum atomic E-state index is 12.9. The monoisotopic (exact) mass is 514 g/mol. The number of hydrogen-bond acceptors (Lipinski definition) is 10. The number of amides is 2. The van der Waals surface area contributed by atoms with Crippen LogP contribution < -0.4 is 15.9 Å². The number of halogens is 2. The molecule has 2 aliphatic heterocycles. The molecule has 2 aromatic rings. The Hall–Kier alpha value is -2.87. The molecule has 1 saturated heterocycles. The van der Waals surface area contributed by atoms with Crippen molar-refractivity contribution in [2.75, 3.05) is 11.5 Å². The Balaban J connectivity index is 1.55. The van der Waals surface area contributed by atoms with Gasteiger partial charge in [0, 0.05) is 23.4 Å². The standard InChI is InChI=1S/C17H12Cl2N6O5S2/c18-7-2-1-6(5-8(7)19)30-23-10(12-22-17(20)32-24-12)13(26)21-11-14(27)25-9(16(28)29)3-4-31-15(11)25/h1-3,5,11,15H,4H2,(H,21,26)(H,28,29)(H2,20,22,24)/t11?,15-/m1/s1. The summed E-state index contributed by atoms with van der Waals surface area (Å²) in [7, 11) is 0. The molecule has 11 nitrogen and oxygen atoms in total. The molecule has 1 aromatic carbocycles. The molecule has 166 valence electrons. The van der Waals surface area contributed by atoms with E-state index in [4.69, 9.17) is 33.8 Å². The second kappa shape index (κ2) is 8.94. The second-order valence-corrected chi connectivity index (χ2v) is 9.09. The van der Waals surface area contributed by atoms with Crippen LogP contribution in [0.1, 0.15) is 5.82 Å². The van der Waals surface area contributed by atoms with E-state index in [1.54, 1.807) is 0 Å². The highest BCUT2D eigenvalue weighted by Crippen LogP contribution is 2.37. The average Bonchev–Trinajstić information content (AvgIpc) is 3.19. The number of aliphatic carboxylic acids is 1. The van der Waals surface area contributed by atoms with Gasteiger partial charge in [0.25, 0.3) is 11.8 Å². The maximum absolute atomic E-state index is 12.9. The van der Waals surface area contributed by atoms with Crippen molar-refractivity contribution in [3.8, 4) is 5.75 Å². The largest absolute Gasteiger partial charge is 0.477 e. The predicted molar refractivity (Wildman–Crippen MR) is 119 cm³/mol. The molecule has 2 aliphatic rings. The smallest absolute Gasteiger partial charge is 0.352 e. The summed E-state index contributed by atoms with van der Waals surface area (Å²) in [6.07, 6.45) is 1.44. The quantitative estimate of drug-likeness (QED) is 0.295. The van der Waals surface area contributed by atoms with Gasteiger partial charge < -0.3 is 21.0 Å². The molecule has 0 saturated carbocycles. The molecular weight excluding hydrogens is 503 g/mol. The summed E-state index contributed by atoms with van der Waals surface area (Å²) in [6.45, 7) is 0. The third-order valence-electron chi connectivity index (χ3n) is 4.35. The van der Waals surface area contributed by atoms with Crippen LogP contribution in [0.25, 0.3) is 0 Å². The summed E-state index contributed by atoms with van der Waals surface area (Å²) in [5, 5.41) is 15.7. The highest BCUT2D eigenvalue weighted by molar-refractivity contribution is 8.00. The van der Waals surface area contributed by atoms with Crippen LogP contribution in [-0.2, 0) is 14.4 Å². The van der Waals surface area contributed by atoms with E-state index >= 15 is 0 Å². The van der Waals surface area contributed by atoms with Gasteiger partial charge in [-0.25, -0.2) is 4.79 Å². The fourth-order valence-corrected chi connectivity index (χ4v) is 4.81. The highest BCUT2D eigenvalue weighted by atomic mass is 35.5. The highest BCUT2D eigenvalue weighted by Gasteiger charge is 2.53. The molecular formula is C17H12Cl2N6O5S2. The Morgan fingerprint density at radius 1 is 1.34 bits per heavy atom. The van der Waals surface area contributed by atoms with Gasteiger partial charge in [-0.2, -0.15) is 9.36 Å². The Bertz CT molecular complexity index is 1190. The van der Waals surface area contributed by atoms with Crippen LogP contribution in [0.15, 0.2) is 35.1 Å². The Morgan fingerprint density at radius 3 is 2.78 bits per heavy atom. The van der Waals surface area contributed by atoms with Gasteiger partial charge in [0.15, 0.2) is 10.9 Å². The Kier molecular flexibility index (Phi) is 6.24. The van der Waals surface area contributed by atoms with E-state index in [1.165, 1.54) is 36.0 Å². The zero-order chi connectivity index (χ0) is 23.0. The van der Waals surface area contributed by atoms with Crippen molar-refractivity contribution in [2.24, 2.45) is 5.16 Å². The van der Waals surface area contributed by atoms with Gasteiger partial charge in [0.1, 0.15) is 17.1 Å². The van der Waals surface area contributed by atoms with Crippen LogP contribution in [0.4, 0.5) is 5.13 Å². The number of benzene rings is 1. The fourth-order valence-electron chi connectivity index (χ4n) is 2.89. The van der Waals surface area contributed by atoms with E-state index in [0.717, 1.165) is 16.4 Å². The number of rotatable bonds is 6. The van der Waals surface area contributed by atoms with E-state index in [0.29, 0.717) is 10.8 Å². The van der Waals surface area contributed by atoms with Gasteiger partial charge in [-0.3, -0.25) is 14.5 Å². The number of hydrogen-bond donors (Lipinski definition) is 3. The zero-order valence-corrected chi connectivity index (χ0v) is 18.8. The predicted octanol–water partition coefficient (Wildman–Crippen LogP) is 1.58. The zero-order valence-electron chi connectivity index (χ0n) is 15.7. The number of oxime groups is 1. The van der Waals surface area contributed by atoms with E-state index in [-0.39, 0.29) is 33.1 Å². The maximum Gasteiger partial charge on any atom is 0.352 e. The van der Waals surface area contributed by atoms with E-state index in [1.807, 2.05) is 0 Å². The molecule has 15 heteroatoms. The molecule has 1 fully saturated rings. The van der Waals surface area contributed by atoms with Crippen molar-refractivity contribution in [1.29, 1.82) is 0 Å². The van der Waals surface area contributed by atoms with Crippen molar-refractivity contribution in [1.82, 2.24) is 19.6 Å². The number of fused-ring (bicyclic) bond motifs is 1. The summed E-state index contributed by atoms with van der Waals surface area (Å²) < 4.78 is 3.97. The lowest BCUT2D eigenvalue weighted by Crippen LogP contribution is -2.70. The minimum absolute atomic E-state index is 0.0972. The first-order chi connectivity index (χ1) is 15.3. The van der Waals surface area contributed by atoms with Gasteiger partial charge in [-0.1, -0.05) is 28.4 Å². The number of nitrogens with two attached hydrogens (primary N) is 1. The minimum atomic E-state index is -1.21. The number of nitrogens with zero attached hydrogens (tertiary/aromatic N) is 4. The van der Waals surface area contributed by atoms with Crippen molar-refractivity contribution in [2.45, 2.75) is 11.4 Å². The van der Waals surface area contributed by atoms with Crippen molar-refractivity contribution in [3.63, 3.8) is 0 Å². The number of anilines is 1. The number of carbonyl (C=O) groups is 3. The molecule has 0 aliphatic carbocycles. The summed E-state index contributed by atoms with van der Waals surface area (Å²) in [4.78, 5) is 47.1. The van der Waals surface area contributed by atoms with Gasteiger partial charge >= 0.3 is 5.97 Å². The first kappa shape index (κ1) is 22.3. The van der Waals surface area contributed by atoms with E-state index in [2.05, 4.69) is 19.8 Å². The van der Waals surface area contributed by atoms with Crippen molar-refractivity contribution in [3.05, 3.63) is 45.8 Å². The normalized spacial score (nSPS) is 20.2. The number of carboxylic acids is 1. The average molecular weight is 515 g/mol. The van der Waals surface area contributed by atoms with E-state index < -0.39 is 29.2 Å². The molecule has 0 radical (unpaired) electrons. The third-order valence-corrected chi connectivity index (χ3v) is 6.82. The fraction of sp³-hybridized carbons (Fsp3) is 0.176. The van der Waals surface area contributed by atoms with E-state index in [9.17, 15) is 19.5 Å². The molecule has 3 heterocycles. The number of β-lactam (4-membered cyclic amide) rings is 1. The SMILES string of the molecule is Nc1nc(C(=NOc2ccc(Cl)c(Cl)c2)C(=O)NC2C(=O)N3C(C(=O)O)=CCS[C@H]23)ns1. The molecule has 0 spiro atoms. The van der Waals surface area contributed by atoms with Crippen molar-refractivity contribution >= 4 is 75.1 Å². The molecule has 1 aromatic heterocycles. The molecule has 0 bridgehead atoms. The number of aromatic nitrogens is 2. The number of nitrogens with one attached hydrogen (secondary N) is 1. The molecule has 32 heavy (non-hydrogen) atoms. The van der Waals surface area contributed by atoms with Crippen LogP contribution in [0.3, 0.4) is 0 Å². The van der Waals surface area contributed by atoms with Crippen LogP contribution in [0.2, 0.25) is 10.0 Å². The first-order valence-electron chi connectivity index (χ1n) is 8.75. The number of thioether (sulfide) groups is 1. The lowest BCUT2D eigenvalue weighted by atomic mass is 10.0. The topological polar surface area (TPSA) is 160 Å². The summed E-state index contributed by atoms with van der Waals surface area (Å²) >= 11 is 14.0. The molecule has 1 unspecified atom stereocenters. The van der Waals surface area contributed by atoms with Gasteiger partial charge in [0.05, 0.1) is 10.0 Å². The van der Waals surface area contributed by atoms with Gasteiger partial charge in [0.2, 0.25) is 11.5 Å². The minimum Gasteiger partial charge on any atom is -0.477 e. The van der Waals surface area contributed by atoms with Crippen LogP contribution in [-0.4, -0.2) is 60.0 Å². The summed E-state index contributed by atoms with van der Waals surface area (Å²) in [6, 6.07) is 3.42. The Labute approximate surface area is 198 Å². The summed E-state index contributed by atoms with van der Waals surface area (Å²) in [5.74, 6) is -2.09. The van der Waals surface area contributed by atoms with Crippen LogP contribution in [0.5, 0.6) is 5.75 Å². The molecule has 4 N–H and O–H groups in total. The lowest BCUT2D eigenvalue weighted by molar-refractivity contribution is -0.150. The van der Waals surface area contributed by atoms with Crippen LogP contribution in [0, 0.1) is 0 Å². The van der Waals surface area contributed by atoms with Gasteiger partial charge in [-0.15, -0.1) is 11.8 Å². The third kappa shape index (κ3) is 4.24. The molecule has 4 rings (SSSR count). The molecule has 2 atom stereocenters. The number of carbonyl (C=O) groups excluding carboxylic acids is 2. The number of nitrogen functional groups attached to an aromatic ring is 1. The first-order valence-corrected chi connectivity index (χ1v) is 11.3. The molecule has 2 amide bonds. The van der Waals surface area contributed by atoms with Gasteiger partial charge in [-0.05, 0) is 18.2 Å². The number of carboxylic acid groups (broad SMARTS) is 1. The van der Waals surface area contributed by atoms with Crippen LogP contribution >= 0.6 is 46.5 Å². The van der Waals surface area contributed by atoms with Crippen molar-refractivity contribution < 1.29 is 24.3 Å². The Morgan fingerprint density at radius 2 is 2.12 bits per heavy atom.